The number of guanidine groups is 1. The summed E-state index contributed by atoms with van der Waals surface area (Å²) < 4.78 is 12.9. The van der Waals surface area contributed by atoms with Crippen LogP contribution in [0.3, 0.4) is 0 Å². The van der Waals surface area contributed by atoms with E-state index in [1.54, 1.807) is 0 Å². The molecule has 0 radical (unpaired) electrons. The number of nitrogens with zero attached hydrogens (tertiary/aromatic N) is 3. The maximum absolute atomic E-state index is 12.9. The Morgan fingerprint density at radius 3 is 2.40 bits per heavy atom. The fourth-order valence-corrected chi connectivity index (χ4v) is 2.47. The molecule has 1 saturated carbocycles. The standard InChI is InChI=1S/C15H21FN4/c16-13-3-5-14(6-4-13)19-7-9-20(10-8-19)15(17)18-11-12-1-2-12/h3-6,12H,1-2,7-11H2,(H2,17,18). The van der Waals surface area contributed by atoms with Gasteiger partial charge < -0.3 is 15.5 Å². The van der Waals surface area contributed by atoms with E-state index in [2.05, 4.69) is 14.8 Å². The Bertz CT molecular complexity index is 473. The first-order valence-corrected chi connectivity index (χ1v) is 7.28. The molecular formula is C15H21FN4. The molecule has 0 unspecified atom stereocenters. The van der Waals surface area contributed by atoms with Gasteiger partial charge in [0.05, 0.1) is 0 Å². The Labute approximate surface area is 119 Å². The van der Waals surface area contributed by atoms with Crippen LogP contribution in [0.1, 0.15) is 12.8 Å². The van der Waals surface area contributed by atoms with Gasteiger partial charge in [0, 0.05) is 38.4 Å². The molecule has 2 N–H and O–H groups in total. The van der Waals surface area contributed by atoms with Crippen LogP contribution in [0.2, 0.25) is 0 Å². The van der Waals surface area contributed by atoms with Crippen molar-refractivity contribution in [3.05, 3.63) is 30.1 Å². The lowest BCUT2D eigenvalue weighted by Crippen LogP contribution is -2.51. The van der Waals surface area contributed by atoms with E-state index < -0.39 is 0 Å². The lowest BCUT2D eigenvalue weighted by molar-refractivity contribution is 0.380. The topological polar surface area (TPSA) is 44.9 Å². The monoisotopic (exact) mass is 276 g/mol. The molecule has 20 heavy (non-hydrogen) atoms. The number of halogens is 1. The molecule has 3 rings (SSSR count). The van der Waals surface area contributed by atoms with E-state index in [1.807, 2.05) is 12.1 Å². The zero-order valence-electron chi connectivity index (χ0n) is 11.6. The maximum Gasteiger partial charge on any atom is 0.191 e. The number of benzene rings is 1. The van der Waals surface area contributed by atoms with Crippen LogP contribution in [0, 0.1) is 11.7 Å². The summed E-state index contributed by atoms with van der Waals surface area (Å²) in [7, 11) is 0. The SMILES string of the molecule is NC(=NCC1CC1)N1CCN(c2ccc(F)cc2)CC1. The van der Waals surface area contributed by atoms with Crippen LogP contribution >= 0.6 is 0 Å². The normalized spacial score (nSPS) is 20.4. The molecule has 1 aliphatic heterocycles. The minimum Gasteiger partial charge on any atom is -0.370 e. The first-order chi connectivity index (χ1) is 9.72. The molecule has 1 aliphatic carbocycles. The zero-order chi connectivity index (χ0) is 13.9. The van der Waals surface area contributed by atoms with Crippen molar-refractivity contribution in [3.8, 4) is 0 Å². The average molecular weight is 276 g/mol. The van der Waals surface area contributed by atoms with Gasteiger partial charge in [0.1, 0.15) is 5.82 Å². The molecule has 108 valence electrons. The van der Waals surface area contributed by atoms with Gasteiger partial charge in [-0.25, -0.2) is 4.39 Å². The van der Waals surface area contributed by atoms with Crippen molar-refractivity contribution in [2.75, 3.05) is 37.6 Å². The van der Waals surface area contributed by atoms with Gasteiger partial charge in [-0.3, -0.25) is 4.99 Å². The molecule has 1 aromatic carbocycles. The highest BCUT2D eigenvalue weighted by Crippen LogP contribution is 2.28. The van der Waals surface area contributed by atoms with Crippen molar-refractivity contribution in [3.63, 3.8) is 0 Å². The van der Waals surface area contributed by atoms with E-state index >= 15 is 0 Å². The zero-order valence-corrected chi connectivity index (χ0v) is 11.6. The average Bonchev–Trinajstić information content (AvgIpc) is 3.30. The smallest absolute Gasteiger partial charge is 0.191 e. The summed E-state index contributed by atoms with van der Waals surface area (Å²) >= 11 is 0. The van der Waals surface area contributed by atoms with Crippen molar-refractivity contribution in [1.82, 2.24) is 4.90 Å². The van der Waals surface area contributed by atoms with E-state index in [0.717, 1.165) is 44.3 Å². The van der Waals surface area contributed by atoms with Crippen molar-refractivity contribution in [1.29, 1.82) is 0 Å². The number of aliphatic imine (C=N–C) groups is 1. The Morgan fingerprint density at radius 2 is 1.80 bits per heavy atom. The van der Waals surface area contributed by atoms with E-state index in [4.69, 9.17) is 5.73 Å². The predicted octanol–water partition coefficient (Wildman–Crippen LogP) is 1.67. The number of piperazine rings is 1. The van der Waals surface area contributed by atoms with Crippen molar-refractivity contribution >= 4 is 11.6 Å². The largest absolute Gasteiger partial charge is 0.370 e. The molecule has 0 aromatic heterocycles. The summed E-state index contributed by atoms with van der Waals surface area (Å²) in [6, 6.07) is 6.67. The van der Waals surface area contributed by atoms with Gasteiger partial charge in [-0.15, -0.1) is 0 Å². The van der Waals surface area contributed by atoms with Gasteiger partial charge in [-0.1, -0.05) is 0 Å². The van der Waals surface area contributed by atoms with Gasteiger partial charge in [0.2, 0.25) is 0 Å². The second-order valence-corrected chi connectivity index (χ2v) is 5.59. The Morgan fingerprint density at radius 1 is 1.15 bits per heavy atom. The number of hydrogen-bond acceptors (Lipinski definition) is 2. The van der Waals surface area contributed by atoms with Crippen molar-refractivity contribution in [2.45, 2.75) is 12.8 Å². The molecule has 0 spiro atoms. The summed E-state index contributed by atoms with van der Waals surface area (Å²) in [6.45, 7) is 4.41. The first-order valence-electron chi connectivity index (χ1n) is 7.28. The highest BCUT2D eigenvalue weighted by molar-refractivity contribution is 5.78. The van der Waals surface area contributed by atoms with E-state index in [-0.39, 0.29) is 5.82 Å². The highest BCUT2D eigenvalue weighted by Gasteiger charge is 2.22. The molecule has 2 fully saturated rings. The Hall–Kier alpha value is -1.78. The van der Waals surface area contributed by atoms with Crippen LogP contribution in [-0.2, 0) is 0 Å². The fraction of sp³-hybridized carbons (Fsp3) is 0.533. The Kier molecular flexibility index (Phi) is 3.76. The lowest BCUT2D eigenvalue weighted by atomic mass is 10.2. The van der Waals surface area contributed by atoms with E-state index in [9.17, 15) is 4.39 Å². The number of hydrogen-bond donors (Lipinski definition) is 1. The quantitative estimate of drug-likeness (QED) is 0.675. The summed E-state index contributed by atoms with van der Waals surface area (Å²) in [5.41, 5.74) is 7.11. The molecule has 1 heterocycles. The predicted molar refractivity (Wildman–Crippen MR) is 79.4 cm³/mol. The third kappa shape index (κ3) is 3.21. The molecular weight excluding hydrogens is 255 g/mol. The van der Waals surface area contributed by atoms with Crippen LogP contribution in [0.25, 0.3) is 0 Å². The molecule has 5 heteroatoms. The number of anilines is 1. The van der Waals surface area contributed by atoms with Crippen LogP contribution in [0.4, 0.5) is 10.1 Å². The first kappa shape index (κ1) is 13.2. The second-order valence-electron chi connectivity index (χ2n) is 5.59. The van der Waals surface area contributed by atoms with Gasteiger partial charge in [0.15, 0.2) is 5.96 Å². The molecule has 4 nitrogen and oxygen atoms in total. The molecule has 2 aliphatic rings. The summed E-state index contributed by atoms with van der Waals surface area (Å²) in [5, 5.41) is 0. The highest BCUT2D eigenvalue weighted by atomic mass is 19.1. The number of rotatable bonds is 3. The molecule has 0 atom stereocenters. The molecule has 0 bridgehead atoms. The molecule has 0 amide bonds. The van der Waals surface area contributed by atoms with Crippen LogP contribution < -0.4 is 10.6 Å². The summed E-state index contributed by atoms with van der Waals surface area (Å²) in [6.07, 6.45) is 2.60. The van der Waals surface area contributed by atoms with Gasteiger partial charge in [-0.05, 0) is 43.0 Å². The van der Waals surface area contributed by atoms with Crippen molar-refractivity contribution in [2.24, 2.45) is 16.6 Å². The second kappa shape index (κ2) is 5.69. The lowest BCUT2D eigenvalue weighted by Gasteiger charge is -2.36. The minimum absolute atomic E-state index is 0.191. The fourth-order valence-electron chi connectivity index (χ4n) is 2.47. The third-order valence-electron chi connectivity index (χ3n) is 4.00. The van der Waals surface area contributed by atoms with Gasteiger partial charge in [0.25, 0.3) is 0 Å². The van der Waals surface area contributed by atoms with Crippen LogP contribution in [0.5, 0.6) is 0 Å². The maximum atomic E-state index is 12.9. The van der Waals surface area contributed by atoms with Crippen LogP contribution in [0.15, 0.2) is 29.3 Å². The van der Waals surface area contributed by atoms with E-state index in [0.29, 0.717) is 5.96 Å². The van der Waals surface area contributed by atoms with E-state index in [1.165, 1.54) is 25.0 Å². The van der Waals surface area contributed by atoms with Gasteiger partial charge >= 0.3 is 0 Å². The summed E-state index contributed by atoms with van der Waals surface area (Å²) in [4.78, 5) is 8.87. The minimum atomic E-state index is -0.191. The van der Waals surface area contributed by atoms with Crippen molar-refractivity contribution < 1.29 is 4.39 Å². The third-order valence-corrected chi connectivity index (χ3v) is 4.00. The summed E-state index contributed by atoms with van der Waals surface area (Å²) in [5.74, 6) is 1.26. The van der Waals surface area contributed by atoms with Crippen LogP contribution in [-0.4, -0.2) is 43.6 Å². The van der Waals surface area contributed by atoms with Gasteiger partial charge in [-0.2, -0.15) is 0 Å². The Balaban J connectivity index is 1.53. The molecule has 1 saturated heterocycles. The molecule has 1 aromatic rings. The number of nitrogens with two attached hydrogens (primary N) is 1.